The number of hydrogen-bond acceptors (Lipinski definition) is 4. The zero-order valence-electron chi connectivity index (χ0n) is 9.95. The summed E-state index contributed by atoms with van der Waals surface area (Å²) in [7, 11) is 0. The van der Waals surface area contributed by atoms with Crippen molar-refractivity contribution in [1.29, 1.82) is 0 Å². The van der Waals surface area contributed by atoms with Gasteiger partial charge >= 0.3 is 0 Å². The van der Waals surface area contributed by atoms with Gasteiger partial charge < -0.3 is 4.74 Å². The number of hydrogen-bond donors (Lipinski definition) is 0. The number of pyridine rings is 1. The maximum absolute atomic E-state index is 5.62. The van der Waals surface area contributed by atoms with E-state index in [1.807, 2.05) is 30.3 Å². The molecule has 0 spiro atoms. The van der Waals surface area contributed by atoms with Gasteiger partial charge in [-0.05, 0) is 22.0 Å². The minimum Gasteiger partial charge on any atom is -0.472 e. The van der Waals surface area contributed by atoms with Crippen LogP contribution in [0.15, 0.2) is 53.5 Å². The average molecular weight is 316 g/mol. The first kappa shape index (κ1) is 12.0. The standard InChI is InChI=1S/C14H10BrN3O/c15-12-7-18-13(8-17-12)19-9-11-4-1-3-10-5-2-6-16-14(10)11/h1-8H,9H2. The molecule has 0 aliphatic heterocycles. The van der Waals surface area contributed by atoms with E-state index < -0.39 is 0 Å². The number of aromatic nitrogens is 3. The van der Waals surface area contributed by atoms with Crippen molar-refractivity contribution in [1.82, 2.24) is 15.0 Å². The lowest BCUT2D eigenvalue weighted by Gasteiger charge is -2.07. The van der Waals surface area contributed by atoms with Gasteiger partial charge in [-0.1, -0.05) is 24.3 Å². The largest absolute Gasteiger partial charge is 0.472 e. The molecule has 0 bridgehead atoms. The molecular formula is C14H10BrN3O. The minimum absolute atomic E-state index is 0.421. The van der Waals surface area contributed by atoms with E-state index in [1.54, 1.807) is 18.6 Å². The summed E-state index contributed by atoms with van der Waals surface area (Å²) in [5, 5.41) is 1.10. The van der Waals surface area contributed by atoms with Crippen molar-refractivity contribution < 1.29 is 4.74 Å². The fourth-order valence-electron chi connectivity index (χ4n) is 1.81. The van der Waals surface area contributed by atoms with Crippen LogP contribution in [-0.2, 0) is 6.61 Å². The fraction of sp³-hybridized carbons (Fsp3) is 0.0714. The van der Waals surface area contributed by atoms with Crippen LogP contribution in [0.2, 0.25) is 0 Å². The van der Waals surface area contributed by atoms with Gasteiger partial charge in [-0.3, -0.25) is 4.98 Å². The molecule has 0 saturated carbocycles. The highest BCUT2D eigenvalue weighted by molar-refractivity contribution is 9.10. The van der Waals surface area contributed by atoms with Crippen LogP contribution in [0.5, 0.6) is 5.88 Å². The highest BCUT2D eigenvalue weighted by Crippen LogP contribution is 2.17. The van der Waals surface area contributed by atoms with E-state index in [1.165, 1.54) is 0 Å². The van der Waals surface area contributed by atoms with E-state index in [0.717, 1.165) is 16.5 Å². The van der Waals surface area contributed by atoms with Crippen LogP contribution in [0.3, 0.4) is 0 Å². The second kappa shape index (κ2) is 5.32. The molecule has 0 unspecified atom stereocenters. The normalized spacial score (nSPS) is 10.6. The summed E-state index contributed by atoms with van der Waals surface area (Å²) in [5.41, 5.74) is 1.98. The number of para-hydroxylation sites is 1. The van der Waals surface area contributed by atoms with Gasteiger partial charge in [0.2, 0.25) is 5.88 Å². The number of fused-ring (bicyclic) bond motifs is 1. The van der Waals surface area contributed by atoms with Crippen LogP contribution >= 0.6 is 15.9 Å². The third-order valence-electron chi connectivity index (χ3n) is 2.69. The van der Waals surface area contributed by atoms with Crippen LogP contribution in [0.4, 0.5) is 0 Å². The molecule has 0 aliphatic rings. The smallest absolute Gasteiger partial charge is 0.232 e. The van der Waals surface area contributed by atoms with E-state index in [4.69, 9.17) is 4.74 Å². The topological polar surface area (TPSA) is 47.9 Å². The van der Waals surface area contributed by atoms with E-state index >= 15 is 0 Å². The summed E-state index contributed by atoms with van der Waals surface area (Å²) in [6.45, 7) is 0.421. The summed E-state index contributed by atoms with van der Waals surface area (Å²) in [5.74, 6) is 0.496. The third-order valence-corrected chi connectivity index (χ3v) is 3.10. The van der Waals surface area contributed by atoms with Gasteiger partial charge in [0.1, 0.15) is 11.2 Å². The van der Waals surface area contributed by atoms with Gasteiger partial charge in [-0.2, -0.15) is 0 Å². The lowest BCUT2D eigenvalue weighted by Crippen LogP contribution is -1.99. The lowest BCUT2D eigenvalue weighted by atomic mass is 10.1. The first-order chi connectivity index (χ1) is 9.33. The van der Waals surface area contributed by atoms with Gasteiger partial charge in [0, 0.05) is 17.1 Å². The van der Waals surface area contributed by atoms with Crippen molar-refractivity contribution >= 4 is 26.8 Å². The number of benzene rings is 1. The maximum Gasteiger partial charge on any atom is 0.232 e. The van der Waals surface area contributed by atoms with Crippen LogP contribution < -0.4 is 4.74 Å². The lowest BCUT2D eigenvalue weighted by molar-refractivity contribution is 0.293. The summed E-state index contributed by atoms with van der Waals surface area (Å²) in [4.78, 5) is 12.6. The predicted octanol–water partition coefficient (Wildman–Crippen LogP) is 3.37. The molecule has 0 saturated heterocycles. The fourth-order valence-corrected chi connectivity index (χ4v) is 2.02. The third kappa shape index (κ3) is 2.71. The van der Waals surface area contributed by atoms with Crippen molar-refractivity contribution in [3.63, 3.8) is 0 Å². The second-order valence-electron chi connectivity index (χ2n) is 3.96. The molecule has 0 amide bonds. The molecule has 0 N–H and O–H groups in total. The van der Waals surface area contributed by atoms with Crippen molar-refractivity contribution in [3.8, 4) is 5.88 Å². The van der Waals surface area contributed by atoms with Gasteiger partial charge in [-0.25, -0.2) is 9.97 Å². The number of rotatable bonds is 3. The van der Waals surface area contributed by atoms with E-state index in [0.29, 0.717) is 17.1 Å². The molecule has 5 heteroatoms. The Bertz CT molecular complexity index is 695. The number of ether oxygens (including phenoxy) is 1. The van der Waals surface area contributed by atoms with Crippen molar-refractivity contribution in [2.45, 2.75) is 6.61 Å². The number of halogens is 1. The monoisotopic (exact) mass is 315 g/mol. The van der Waals surface area contributed by atoms with E-state index in [2.05, 4.69) is 30.9 Å². The minimum atomic E-state index is 0.421. The number of nitrogens with zero attached hydrogens (tertiary/aromatic N) is 3. The summed E-state index contributed by atoms with van der Waals surface area (Å²) in [6, 6.07) is 9.99. The van der Waals surface area contributed by atoms with Crippen LogP contribution in [0, 0.1) is 0 Å². The summed E-state index contributed by atoms with van der Waals surface area (Å²) in [6.07, 6.45) is 4.98. The Kier molecular flexibility index (Phi) is 3.37. The maximum atomic E-state index is 5.62. The van der Waals surface area contributed by atoms with Gasteiger partial charge in [0.25, 0.3) is 0 Å². The van der Waals surface area contributed by atoms with Crippen molar-refractivity contribution in [3.05, 3.63) is 59.1 Å². The summed E-state index contributed by atoms with van der Waals surface area (Å²) >= 11 is 3.23. The van der Waals surface area contributed by atoms with E-state index in [9.17, 15) is 0 Å². The molecular weight excluding hydrogens is 306 g/mol. The quantitative estimate of drug-likeness (QED) is 0.743. The molecule has 94 valence electrons. The average Bonchev–Trinajstić information content (AvgIpc) is 2.47. The highest BCUT2D eigenvalue weighted by Gasteiger charge is 2.03. The summed E-state index contributed by atoms with van der Waals surface area (Å²) < 4.78 is 6.31. The van der Waals surface area contributed by atoms with Crippen molar-refractivity contribution in [2.24, 2.45) is 0 Å². The van der Waals surface area contributed by atoms with E-state index in [-0.39, 0.29) is 0 Å². The Labute approximate surface area is 118 Å². The molecule has 4 nitrogen and oxygen atoms in total. The molecule has 19 heavy (non-hydrogen) atoms. The van der Waals surface area contributed by atoms with Crippen LogP contribution in [-0.4, -0.2) is 15.0 Å². The highest BCUT2D eigenvalue weighted by atomic mass is 79.9. The van der Waals surface area contributed by atoms with Gasteiger partial charge in [0.15, 0.2) is 0 Å². The predicted molar refractivity (Wildman–Crippen MR) is 75.8 cm³/mol. The first-order valence-corrected chi connectivity index (χ1v) is 6.55. The molecule has 2 heterocycles. The van der Waals surface area contributed by atoms with Crippen LogP contribution in [0.25, 0.3) is 10.9 Å². The second-order valence-corrected chi connectivity index (χ2v) is 4.77. The molecule has 2 aromatic heterocycles. The van der Waals surface area contributed by atoms with Gasteiger partial charge in [-0.15, -0.1) is 0 Å². The Morgan fingerprint density at radius 2 is 1.89 bits per heavy atom. The Hall–Kier alpha value is -2.01. The molecule has 0 aliphatic carbocycles. The molecule has 0 atom stereocenters. The molecule has 0 radical (unpaired) electrons. The van der Waals surface area contributed by atoms with Crippen LogP contribution in [0.1, 0.15) is 5.56 Å². The SMILES string of the molecule is Brc1cnc(OCc2cccc3cccnc23)cn1. The van der Waals surface area contributed by atoms with Crippen molar-refractivity contribution in [2.75, 3.05) is 0 Å². The molecule has 1 aromatic carbocycles. The van der Waals surface area contributed by atoms with Gasteiger partial charge in [0.05, 0.1) is 17.9 Å². The first-order valence-electron chi connectivity index (χ1n) is 5.76. The zero-order chi connectivity index (χ0) is 13.1. The molecule has 3 rings (SSSR count). The zero-order valence-corrected chi connectivity index (χ0v) is 11.5. The molecule has 0 fully saturated rings. The Morgan fingerprint density at radius 3 is 2.74 bits per heavy atom. The molecule has 3 aromatic rings. The Morgan fingerprint density at radius 1 is 1.00 bits per heavy atom. The Balaban J connectivity index is 1.84.